The maximum Gasteiger partial charge on any atom is 0.199 e. The Balaban J connectivity index is 1.37. The predicted molar refractivity (Wildman–Crippen MR) is 89.6 cm³/mol. The van der Waals surface area contributed by atoms with E-state index in [1.807, 2.05) is 11.0 Å². The predicted octanol–water partition coefficient (Wildman–Crippen LogP) is 2.53. The number of nitrogens with zero attached hydrogens (tertiary/aromatic N) is 5. The second-order valence-electron chi connectivity index (χ2n) is 6.13. The fourth-order valence-electron chi connectivity index (χ4n) is 3.03. The first-order chi connectivity index (χ1) is 10.8. The lowest BCUT2D eigenvalue weighted by Crippen LogP contribution is -2.46. The largest absolute Gasteiger partial charge is 0.369 e. The zero-order valence-electron chi connectivity index (χ0n) is 12.6. The molecule has 0 atom stereocenters. The second kappa shape index (κ2) is 5.85. The third-order valence-electron chi connectivity index (χ3n) is 4.52. The monoisotopic (exact) mass is 315 g/mol. The Morgan fingerprint density at radius 2 is 1.77 bits per heavy atom. The zero-order chi connectivity index (χ0) is 14.9. The van der Waals surface area contributed by atoms with Crippen molar-refractivity contribution in [1.82, 2.24) is 19.2 Å². The van der Waals surface area contributed by atoms with Gasteiger partial charge < -0.3 is 9.47 Å². The Labute approximate surface area is 135 Å². The van der Waals surface area contributed by atoms with Gasteiger partial charge in [0.1, 0.15) is 6.33 Å². The maximum absolute atomic E-state index is 5.54. The average Bonchev–Trinajstić information content (AvgIpc) is 3.35. The molecular formula is C16H21N5S. The highest BCUT2D eigenvalue weighted by Crippen LogP contribution is 2.34. The molecule has 1 aliphatic heterocycles. The molecule has 0 N–H and O–H groups in total. The molecule has 0 radical (unpaired) electrons. The van der Waals surface area contributed by atoms with Crippen LogP contribution in [0.15, 0.2) is 36.7 Å². The summed E-state index contributed by atoms with van der Waals surface area (Å²) in [5.41, 5.74) is 1.32. The molecule has 4 rings (SSSR count). The smallest absolute Gasteiger partial charge is 0.199 e. The summed E-state index contributed by atoms with van der Waals surface area (Å²) in [7, 11) is 0. The Kier molecular flexibility index (Phi) is 3.72. The minimum atomic E-state index is 0.608. The van der Waals surface area contributed by atoms with Gasteiger partial charge in [-0.3, -0.25) is 4.90 Å². The van der Waals surface area contributed by atoms with Crippen molar-refractivity contribution in [1.29, 1.82) is 0 Å². The second-order valence-corrected chi connectivity index (χ2v) is 6.50. The van der Waals surface area contributed by atoms with Crippen molar-refractivity contribution in [2.24, 2.45) is 0 Å². The molecule has 116 valence electrons. The topological polar surface area (TPSA) is 29.2 Å². The molecule has 5 nitrogen and oxygen atoms in total. The van der Waals surface area contributed by atoms with Crippen LogP contribution in [-0.2, 0) is 6.67 Å². The Morgan fingerprint density at radius 1 is 1.05 bits per heavy atom. The number of benzene rings is 1. The molecule has 1 aromatic heterocycles. The minimum absolute atomic E-state index is 0.608. The molecule has 2 aromatic rings. The number of hydrogen-bond acceptors (Lipinski definition) is 4. The number of hydrogen-bond donors (Lipinski definition) is 0. The van der Waals surface area contributed by atoms with Gasteiger partial charge in [0, 0.05) is 37.9 Å². The van der Waals surface area contributed by atoms with Crippen molar-refractivity contribution in [3.8, 4) is 0 Å². The molecule has 6 heteroatoms. The van der Waals surface area contributed by atoms with E-state index >= 15 is 0 Å². The molecule has 0 spiro atoms. The van der Waals surface area contributed by atoms with E-state index in [0.29, 0.717) is 6.04 Å². The van der Waals surface area contributed by atoms with E-state index in [0.717, 1.165) is 37.6 Å². The van der Waals surface area contributed by atoms with Gasteiger partial charge in [-0.2, -0.15) is 5.10 Å². The lowest BCUT2D eigenvalue weighted by Gasteiger charge is -2.35. The summed E-state index contributed by atoms with van der Waals surface area (Å²) in [5.74, 6) is 0. The van der Waals surface area contributed by atoms with Gasteiger partial charge >= 0.3 is 0 Å². The first-order valence-corrected chi connectivity index (χ1v) is 8.38. The highest BCUT2D eigenvalue weighted by molar-refractivity contribution is 7.71. The molecule has 2 fully saturated rings. The third-order valence-corrected chi connectivity index (χ3v) is 4.95. The van der Waals surface area contributed by atoms with E-state index in [9.17, 15) is 0 Å². The first kappa shape index (κ1) is 14.0. The molecule has 1 saturated carbocycles. The molecule has 0 bridgehead atoms. The Morgan fingerprint density at radius 3 is 2.45 bits per heavy atom. The summed E-state index contributed by atoms with van der Waals surface area (Å²) in [5, 5.41) is 4.47. The van der Waals surface area contributed by atoms with Crippen LogP contribution in [0.4, 0.5) is 5.69 Å². The minimum Gasteiger partial charge on any atom is -0.369 e. The molecular weight excluding hydrogens is 294 g/mol. The van der Waals surface area contributed by atoms with Crippen LogP contribution in [0, 0.1) is 4.77 Å². The third kappa shape index (κ3) is 2.80. The van der Waals surface area contributed by atoms with E-state index in [1.165, 1.54) is 18.5 Å². The van der Waals surface area contributed by atoms with Crippen molar-refractivity contribution in [2.45, 2.75) is 25.6 Å². The molecule has 1 aromatic carbocycles. The molecule has 22 heavy (non-hydrogen) atoms. The maximum atomic E-state index is 5.54. The average molecular weight is 315 g/mol. The standard InChI is InChI=1S/C16H21N5S/c22-16-20(15-6-7-15)12-17-21(16)13-18-8-10-19(11-9-18)14-4-2-1-3-5-14/h1-5,12,15H,6-11,13H2. The fraction of sp³-hybridized carbons (Fsp3) is 0.500. The lowest BCUT2D eigenvalue weighted by molar-refractivity contribution is 0.194. The number of piperazine rings is 1. The SMILES string of the molecule is S=c1n(C2CC2)cnn1CN1CCN(c2ccccc2)CC1. The van der Waals surface area contributed by atoms with Crippen LogP contribution in [0.3, 0.4) is 0 Å². The number of para-hydroxylation sites is 1. The molecule has 1 saturated heterocycles. The number of aromatic nitrogens is 3. The van der Waals surface area contributed by atoms with Gasteiger partial charge in [-0.25, -0.2) is 4.68 Å². The van der Waals surface area contributed by atoms with Crippen molar-refractivity contribution < 1.29 is 0 Å². The van der Waals surface area contributed by atoms with Crippen LogP contribution >= 0.6 is 12.2 Å². The highest BCUT2D eigenvalue weighted by Gasteiger charge is 2.25. The molecule has 0 amide bonds. The van der Waals surface area contributed by atoms with Gasteiger partial charge in [-0.15, -0.1) is 0 Å². The summed E-state index contributed by atoms with van der Waals surface area (Å²) in [6.07, 6.45) is 4.39. The van der Waals surface area contributed by atoms with Crippen molar-refractivity contribution in [2.75, 3.05) is 31.1 Å². The van der Waals surface area contributed by atoms with Gasteiger partial charge in [-0.1, -0.05) is 18.2 Å². The normalized spacial score (nSPS) is 19.5. The van der Waals surface area contributed by atoms with E-state index < -0.39 is 0 Å². The first-order valence-electron chi connectivity index (χ1n) is 7.97. The molecule has 0 unspecified atom stereocenters. The van der Waals surface area contributed by atoms with Crippen molar-refractivity contribution in [3.63, 3.8) is 0 Å². The van der Waals surface area contributed by atoms with Crippen LogP contribution < -0.4 is 4.90 Å². The summed E-state index contributed by atoms with van der Waals surface area (Å²) in [4.78, 5) is 4.87. The van der Waals surface area contributed by atoms with Gasteiger partial charge in [0.05, 0.1) is 6.67 Å². The van der Waals surface area contributed by atoms with Gasteiger partial charge in [0.2, 0.25) is 0 Å². The van der Waals surface area contributed by atoms with Crippen molar-refractivity contribution in [3.05, 3.63) is 41.4 Å². The molecule has 1 aliphatic carbocycles. The van der Waals surface area contributed by atoms with E-state index in [4.69, 9.17) is 12.2 Å². The van der Waals surface area contributed by atoms with Gasteiger partial charge in [0.15, 0.2) is 4.77 Å². The summed E-state index contributed by atoms with van der Waals surface area (Å²) in [6.45, 7) is 5.02. The zero-order valence-corrected chi connectivity index (χ0v) is 13.5. The number of anilines is 1. The van der Waals surface area contributed by atoms with E-state index in [-0.39, 0.29) is 0 Å². The Hall–Kier alpha value is -1.66. The van der Waals surface area contributed by atoms with Crippen molar-refractivity contribution >= 4 is 17.9 Å². The van der Waals surface area contributed by atoms with Crippen LogP contribution in [0.1, 0.15) is 18.9 Å². The van der Waals surface area contributed by atoms with Gasteiger partial charge in [-0.05, 0) is 37.2 Å². The highest BCUT2D eigenvalue weighted by atomic mass is 32.1. The molecule has 2 aliphatic rings. The van der Waals surface area contributed by atoms with E-state index in [1.54, 1.807) is 0 Å². The lowest BCUT2D eigenvalue weighted by atomic mass is 10.2. The summed E-state index contributed by atoms with van der Waals surface area (Å²) in [6, 6.07) is 11.2. The van der Waals surface area contributed by atoms with Crippen LogP contribution in [0.5, 0.6) is 0 Å². The summed E-state index contributed by atoms with van der Waals surface area (Å²) < 4.78 is 4.98. The van der Waals surface area contributed by atoms with Gasteiger partial charge in [0.25, 0.3) is 0 Å². The Bertz CT molecular complexity index is 680. The van der Waals surface area contributed by atoms with Crippen LogP contribution in [-0.4, -0.2) is 45.4 Å². The summed E-state index contributed by atoms with van der Waals surface area (Å²) >= 11 is 5.54. The quantitative estimate of drug-likeness (QED) is 0.811. The molecule has 2 heterocycles. The number of rotatable bonds is 4. The van der Waals surface area contributed by atoms with Crippen LogP contribution in [0.25, 0.3) is 0 Å². The van der Waals surface area contributed by atoms with Crippen LogP contribution in [0.2, 0.25) is 0 Å². The van der Waals surface area contributed by atoms with E-state index in [2.05, 4.69) is 49.8 Å². The fourth-order valence-corrected chi connectivity index (χ4v) is 3.33.